The van der Waals surface area contributed by atoms with Gasteiger partial charge in [0.15, 0.2) is 0 Å². The maximum atomic E-state index is 11.6. The Kier molecular flexibility index (Phi) is 4.95. The lowest BCUT2D eigenvalue weighted by Gasteiger charge is -2.39. The second-order valence-electron chi connectivity index (χ2n) is 5.65. The van der Waals surface area contributed by atoms with Gasteiger partial charge in [-0.25, -0.2) is 0 Å². The van der Waals surface area contributed by atoms with Gasteiger partial charge in [-0.2, -0.15) is 0 Å². The van der Waals surface area contributed by atoms with E-state index in [9.17, 15) is 4.79 Å². The molecule has 0 spiro atoms. The van der Waals surface area contributed by atoms with E-state index in [0.717, 1.165) is 26.1 Å². The monoisotopic (exact) mass is 243 g/mol. The fraction of sp³-hybridized carbons (Fsp3) is 0.923. The third kappa shape index (κ3) is 3.68. The van der Waals surface area contributed by atoms with Crippen LogP contribution in [0.2, 0.25) is 0 Å². The van der Waals surface area contributed by atoms with E-state index in [1.54, 1.807) is 7.11 Å². The van der Waals surface area contributed by atoms with E-state index >= 15 is 0 Å². The molecule has 0 aromatic heterocycles. The highest BCUT2D eigenvalue weighted by atomic mass is 16.5. The second-order valence-corrected chi connectivity index (χ2v) is 5.65. The molecule has 0 N–H and O–H groups in total. The molecule has 1 heterocycles. The van der Waals surface area contributed by atoms with E-state index in [1.807, 2.05) is 13.8 Å². The molecular weight excluding hydrogens is 218 g/mol. The van der Waals surface area contributed by atoms with Gasteiger partial charge < -0.3 is 9.47 Å². The molecule has 17 heavy (non-hydrogen) atoms. The van der Waals surface area contributed by atoms with Crippen molar-refractivity contribution in [2.75, 3.05) is 33.9 Å². The highest BCUT2D eigenvalue weighted by molar-refractivity contribution is 5.76. The highest BCUT2D eigenvalue weighted by Gasteiger charge is 2.34. The van der Waals surface area contributed by atoms with Crippen molar-refractivity contribution in [3.8, 4) is 0 Å². The Morgan fingerprint density at radius 1 is 1.41 bits per heavy atom. The van der Waals surface area contributed by atoms with Crippen LogP contribution in [0.1, 0.15) is 27.2 Å². The zero-order valence-corrected chi connectivity index (χ0v) is 11.7. The van der Waals surface area contributed by atoms with Crippen molar-refractivity contribution in [1.82, 2.24) is 4.90 Å². The van der Waals surface area contributed by atoms with Crippen molar-refractivity contribution < 1.29 is 14.3 Å². The van der Waals surface area contributed by atoms with Gasteiger partial charge >= 0.3 is 5.97 Å². The summed E-state index contributed by atoms with van der Waals surface area (Å²) in [7, 11) is 3.20. The van der Waals surface area contributed by atoms with Crippen LogP contribution < -0.4 is 0 Å². The van der Waals surface area contributed by atoms with E-state index in [0.29, 0.717) is 5.92 Å². The van der Waals surface area contributed by atoms with Gasteiger partial charge in [-0.1, -0.05) is 6.92 Å². The van der Waals surface area contributed by atoms with Crippen LogP contribution in [0, 0.1) is 11.3 Å². The molecule has 0 aliphatic carbocycles. The number of carbonyl (C=O) groups is 1. The smallest absolute Gasteiger partial charge is 0.312 e. The number of esters is 1. The van der Waals surface area contributed by atoms with E-state index in [4.69, 9.17) is 9.47 Å². The third-order valence-corrected chi connectivity index (χ3v) is 3.63. The summed E-state index contributed by atoms with van der Waals surface area (Å²) in [6.07, 6.45) is 1.40. The Balaban J connectivity index is 2.55. The average Bonchev–Trinajstić information content (AvgIpc) is 2.30. The van der Waals surface area contributed by atoms with Gasteiger partial charge in [0.25, 0.3) is 0 Å². The Morgan fingerprint density at radius 2 is 2.06 bits per heavy atom. The topological polar surface area (TPSA) is 38.8 Å². The van der Waals surface area contributed by atoms with Gasteiger partial charge in [-0.3, -0.25) is 9.69 Å². The lowest BCUT2D eigenvalue weighted by molar-refractivity contribution is -0.152. The Hall–Kier alpha value is -0.610. The molecule has 1 aliphatic rings. The van der Waals surface area contributed by atoms with Crippen molar-refractivity contribution in [3.63, 3.8) is 0 Å². The minimum atomic E-state index is -0.451. The lowest BCUT2D eigenvalue weighted by Crippen LogP contribution is -2.48. The Morgan fingerprint density at radius 3 is 2.59 bits per heavy atom. The van der Waals surface area contributed by atoms with Crippen LogP contribution in [0.3, 0.4) is 0 Å². The summed E-state index contributed by atoms with van der Waals surface area (Å²) in [4.78, 5) is 13.9. The molecule has 1 saturated heterocycles. The average molecular weight is 243 g/mol. The molecule has 1 aliphatic heterocycles. The second kappa shape index (κ2) is 5.83. The molecule has 4 nitrogen and oxygen atoms in total. The fourth-order valence-corrected chi connectivity index (χ4v) is 2.45. The summed E-state index contributed by atoms with van der Waals surface area (Å²) in [6, 6.07) is 0. The Bertz CT molecular complexity index is 265. The standard InChI is InChI=1S/C13H25NO3/c1-10-6-7-14(8-11(10)16-4)9-13(2,3)12(15)17-5/h10-11H,6-9H2,1-5H3. The first-order chi connectivity index (χ1) is 7.90. The summed E-state index contributed by atoms with van der Waals surface area (Å²) in [5, 5.41) is 0. The summed E-state index contributed by atoms with van der Waals surface area (Å²) >= 11 is 0. The fourth-order valence-electron chi connectivity index (χ4n) is 2.45. The third-order valence-electron chi connectivity index (χ3n) is 3.63. The van der Waals surface area contributed by atoms with Gasteiger partial charge in [-0.05, 0) is 32.7 Å². The summed E-state index contributed by atoms with van der Waals surface area (Å²) in [6.45, 7) is 8.74. The van der Waals surface area contributed by atoms with Gasteiger partial charge in [0.2, 0.25) is 0 Å². The van der Waals surface area contributed by atoms with Crippen molar-refractivity contribution in [1.29, 1.82) is 0 Å². The summed E-state index contributed by atoms with van der Waals surface area (Å²) in [5.41, 5.74) is -0.451. The maximum Gasteiger partial charge on any atom is 0.312 e. The normalized spacial score (nSPS) is 26.9. The quantitative estimate of drug-likeness (QED) is 0.702. The molecule has 0 aromatic carbocycles. The molecule has 0 radical (unpaired) electrons. The predicted molar refractivity (Wildman–Crippen MR) is 66.8 cm³/mol. The van der Waals surface area contributed by atoms with Crippen molar-refractivity contribution >= 4 is 5.97 Å². The summed E-state index contributed by atoms with van der Waals surface area (Å²) in [5.74, 6) is 0.447. The van der Waals surface area contributed by atoms with E-state index in [-0.39, 0.29) is 12.1 Å². The predicted octanol–water partition coefficient (Wildman–Crippen LogP) is 1.54. The number of rotatable bonds is 4. The van der Waals surface area contributed by atoms with Crippen molar-refractivity contribution in [3.05, 3.63) is 0 Å². The minimum absolute atomic E-state index is 0.148. The number of piperidine rings is 1. The van der Waals surface area contributed by atoms with Crippen LogP contribution in [-0.4, -0.2) is 50.8 Å². The molecule has 100 valence electrons. The van der Waals surface area contributed by atoms with Crippen LogP contribution in [0.5, 0.6) is 0 Å². The number of nitrogens with zero attached hydrogens (tertiary/aromatic N) is 1. The number of methoxy groups -OCH3 is 2. The van der Waals surface area contributed by atoms with Crippen LogP contribution in [-0.2, 0) is 14.3 Å². The van der Waals surface area contributed by atoms with E-state index < -0.39 is 5.41 Å². The number of hydrogen-bond donors (Lipinski definition) is 0. The molecule has 2 atom stereocenters. The largest absolute Gasteiger partial charge is 0.469 e. The molecule has 1 rings (SSSR count). The van der Waals surface area contributed by atoms with Gasteiger partial charge in [0, 0.05) is 20.2 Å². The molecule has 0 amide bonds. The highest BCUT2D eigenvalue weighted by Crippen LogP contribution is 2.24. The van der Waals surface area contributed by atoms with Gasteiger partial charge in [-0.15, -0.1) is 0 Å². The number of hydrogen-bond acceptors (Lipinski definition) is 4. The first-order valence-electron chi connectivity index (χ1n) is 6.24. The molecular formula is C13H25NO3. The lowest BCUT2D eigenvalue weighted by atomic mass is 9.89. The minimum Gasteiger partial charge on any atom is -0.469 e. The molecule has 1 fully saturated rings. The van der Waals surface area contributed by atoms with Crippen LogP contribution >= 0.6 is 0 Å². The van der Waals surface area contributed by atoms with Crippen LogP contribution in [0.25, 0.3) is 0 Å². The zero-order chi connectivity index (χ0) is 13.1. The SMILES string of the molecule is COC(=O)C(C)(C)CN1CCC(C)C(OC)C1. The maximum absolute atomic E-state index is 11.6. The van der Waals surface area contributed by atoms with Gasteiger partial charge in [0.1, 0.15) is 0 Å². The molecule has 2 unspecified atom stereocenters. The van der Waals surface area contributed by atoms with Crippen LogP contribution in [0.4, 0.5) is 0 Å². The number of ether oxygens (including phenoxy) is 2. The van der Waals surface area contributed by atoms with Crippen molar-refractivity contribution in [2.24, 2.45) is 11.3 Å². The first kappa shape index (κ1) is 14.5. The number of carbonyl (C=O) groups excluding carboxylic acids is 1. The Labute approximate surface area is 104 Å². The number of likely N-dealkylation sites (tertiary alicyclic amines) is 1. The molecule has 0 saturated carbocycles. The van der Waals surface area contributed by atoms with E-state index in [1.165, 1.54) is 7.11 Å². The first-order valence-corrected chi connectivity index (χ1v) is 6.24. The zero-order valence-electron chi connectivity index (χ0n) is 11.7. The summed E-state index contributed by atoms with van der Waals surface area (Å²) < 4.78 is 10.3. The molecule has 0 bridgehead atoms. The van der Waals surface area contributed by atoms with E-state index in [2.05, 4.69) is 11.8 Å². The molecule has 4 heteroatoms. The van der Waals surface area contributed by atoms with Gasteiger partial charge in [0.05, 0.1) is 18.6 Å². The van der Waals surface area contributed by atoms with Crippen LogP contribution in [0.15, 0.2) is 0 Å². The van der Waals surface area contributed by atoms with Crippen molar-refractivity contribution in [2.45, 2.75) is 33.3 Å². The molecule has 0 aromatic rings.